The highest BCUT2D eigenvalue weighted by atomic mass is 35.5. The van der Waals surface area contributed by atoms with Crippen molar-refractivity contribution in [2.75, 3.05) is 13.1 Å². The van der Waals surface area contributed by atoms with Gasteiger partial charge in [0.25, 0.3) is 23.4 Å². The van der Waals surface area contributed by atoms with Crippen molar-refractivity contribution in [3.8, 4) is 0 Å². The zero-order valence-corrected chi connectivity index (χ0v) is 20.9. The first-order valence-corrected chi connectivity index (χ1v) is 11.4. The number of nitrogens with two attached hydrogens (primary N) is 1. The Morgan fingerprint density at radius 2 is 1.74 bits per heavy atom. The Bertz CT molecular complexity index is 895. The van der Waals surface area contributed by atoms with Crippen LogP contribution in [0.25, 0.3) is 0 Å². The first kappa shape index (κ1) is 28.7. The molecule has 2 fully saturated rings. The Morgan fingerprint density at radius 3 is 2.20 bits per heavy atom. The number of hydrogen-bond donors (Lipinski definition) is 3. The quantitative estimate of drug-likeness (QED) is 0.313. The number of fused-ring (bicyclic) bond motifs is 1. The van der Waals surface area contributed by atoms with E-state index in [1.54, 1.807) is 20.8 Å². The van der Waals surface area contributed by atoms with E-state index in [2.05, 4.69) is 10.7 Å². The predicted molar refractivity (Wildman–Crippen MR) is 118 cm³/mol. The van der Waals surface area contributed by atoms with Crippen LogP contribution in [0.5, 0.6) is 0 Å². The zero-order chi connectivity index (χ0) is 27.0. The molecular formula is C21H31ClF3N5O5. The summed E-state index contributed by atoms with van der Waals surface area (Å²) >= 11 is 5.22. The Morgan fingerprint density at radius 1 is 1.17 bits per heavy atom. The van der Waals surface area contributed by atoms with Crippen molar-refractivity contribution >= 4 is 41.1 Å². The topological polar surface area (TPSA) is 142 Å². The lowest BCUT2D eigenvalue weighted by atomic mass is 9.85. The van der Waals surface area contributed by atoms with Crippen LogP contribution in [0.3, 0.4) is 0 Å². The highest BCUT2D eigenvalue weighted by molar-refractivity contribution is 6.29. The fourth-order valence-electron chi connectivity index (χ4n) is 4.59. The van der Waals surface area contributed by atoms with Gasteiger partial charge in [-0.25, -0.2) is 9.40 Å². The fourth-order valence-corrected chi connectivity index (χ4v) is 4.71. The van der Waals surface area contributed by atoms with E-state index < -0.39 is 72.1 Å². The number of rotatable bonds is 8. The summed E-state index contributed by atoms with van der Waals surface area (Å²) < 4.78 is 39.3. The van der Waals surface area contributed by atoms with Crippen LogP contribution in [0, 0.1) is 22.7 Å². The third kappa shape index (κ3) is 6.17. The number of carbonyl (C=O) groups is 5. The van der Waals surface area contributed by atoms with E-state index in [1.165, 1.54) is 4.90 Å². The third-order valence-corrected chi connectivity index (χ3v) is 6.82. The first-order chi connectivity index (χ1) is 15.9. The summed E-state index contributed by atoms with van der Waals surface area (Å²) in [7, 11) is 0. The summed E-state index contributed by atoms with van der Waals surface area (Å²) in [6.45, 7) is 8.14. The van der Waals surface area contributed by atoms with Crippen LogP contribution in [-0.2, 0) is 24.0 Å². The lowest BCUT2D eigenvalue weighted by Crippen LogP contribution is -2.61. The second kappa shape index (κ2) is 10.2. The molecule has 35 heavy (non-hydrogen) atoms. The Hall–Kier alpha value is -2.57. The van der Waals surface area contributed by atoms with E-state index in [1.807, 2.05) is 13.8 Å². The molecule has 0 bridgehead atoms. The monoisotopic (exact) mass is 525 g/mol. The first-order valence-electron chi connectivity index (χ1n) is 11.0. The summed E-state index contributed by atoms with van der Waals surface area (Å²) in [5.41, 5.74) is 3.46. The molecule has 1 heterocycles. The molecule has 10 nitrogen and oxygen atoms in total. The molecule has 0 aromatic heterocycles. The molecule has 1 saturated carbocycles. The summed E-state index contributed by atoms with van der Waals surface area (Å²) in [4.78, 5) is 62.8. The molecule has 5 amide bonds. The lowest BCUT2D eigenvalue weighted by molar-refractivity contribution is -0.151. The van der Waals surface area contributed by atoms with Crippen LogP contribution in [0.15, 0.2) is 0 Å². The number of carbonyl (C=O) groups excluding carboxylic acids is 5. The molecule has 0 aromatic carbocycles. The molecule has 0 radical (unpaired) electrons. The molecule has 4 N–H and O–H groups in total. The second-order valence-corrected chi connectivity index (χ2v) is 10.9. The van der Waals surface area contributed by atoms with Crippen LogP contribution >= 0.6 is 11.6 Å². The van der Waals surface area contributed by atoms with Gasteiger partial charge in [-0.3, -0.25) is 29.4 Å². The number of piperidine rings is 1. The summed E-state index contributed by atoms with van der Waals surface area (Å²) in [5.74, 6) is -5.81. The smallest absolute Gasteiger partial charge is 0.315 e. The van der Waals surface area contributed by atoms with Gasteiger partial charge in [0, 0.05) is 13.0 Å². The maximum atomic E-state index is 13.5. The van der Waals surface area contributed by atoms with Crippen molar-refractivity contribution in [1.29, 1.82) is 0 Å². The van der Waals surface area contributed by atoms with Crippen molar-refractivity contribution in [3.63, 3.8) is 0 Å². The molecule has 0 unspecified atom stereocenters. The Balaban J connectivity index is 2.33. The standard InChI is InChI=1S/C21H31ClF3N5O5/c1-20(2,3)13(27-17(33)15(24)25)18(34)29-8-9-11(21(9,4)5)12(29)16(32)28-30(7-6-10(26)31)19(35)14(22)23/h9,11-15H,6-8H2,1-5H3,(H2,26,31)(H,27,33)(H,28,32)/t9-,11-,12-,13+,14-/m0/s1. The Labute approximate surface area is 206 Å². The van der Waals surface area contributed by atoms with Crippen LogP contribution in [-0.4, -0.2) is 76.7 Å². The van der Waals surface area contributed by atoms with Gasteiger partial charge in [-0.15, -0.1) is 0 Å². The molecule has 1 aliphatic carbocycles. The molecule has 2 rings (SSSR count). The van der Waals surface area contributed by atoms with E-state index in [-0.39, 0.29) is 23.8 Å². The van der Waals surface area contributed by atoms with Gasteiger partial charge >= 0.3 is 6.43 Å². The summed E-state index contributed by atoms with van der Waals surface area (Å²) in [5, 5.41) is 2.58. The largest absolute Gasteiger partial charge is 0.370 e. The van der Waals surface area contributed by atoms with Crippen LogP contribution in [0.4, 0.5) is 13.2 Å². The number of hydrogen-bond acceptors (Lipinski definition) is 5. The minimum Gasteiger partial charge on any atom is -0.370 e. The molecular weight excluding hydrogens is 495 g/mol. The maximum absolute atomic E-state index is 13.5. The second-order valence-electron chi connectivity index (χ2n) is 10.5. The predicted octanol–water partition coefficient (Wildman–Crippen LogP) is 0.535. The van der Waals surface area contributed by atoms with Crippen molar-refractivity contribution < 1.29 is 37.1 Å². The van der Waals surface area contributed by atoms with Crippen molar-refractivity contribution in [3.05, 3.63) is 0 Å². The number of amides is 5. The molecule has 5 atom stereocenters. The minimum atomic E-state index is -3.34. The van der Waals surface area contributed by atoms with E-state index in [0.717, 1.165) is 0 Å². The number of alkyl halides is 4. The van der Waals surface area contributed by atoms with E-state index in [4.69, 9.17) is 17.3 Å². The van der Waals surface area contributed by atoms with E-state index >= 15 is 0 Å². The van der Waals surface area contributed by atoms with Crippen LogP contribution < -0.4 is 16.5 Å². The van der Waals surface area contributed by atoms with Gasteiger partial charge in [-0.2, -0.15) is 8.78 Å². The molecule has 2 aliphatic rings. The Kier molecular flexibility index (Phi) is 8.35. The summed E-state index contributed by atoms with van der Waals surface area (Å²) in [6.07, 6.45) is -3.74. The van der Waals surface area contributed by atoms with E-state index in [9.17, 15) is 37.1 Å². The van der Waals surface area contributed by atoms with Crippen molar-refractivity contribution in [2.45, 2.75) is 65.2 Å². The highest BCUT2D eigenvalue weighted by Crippen LogP contribution is 2.65. The molecule has 0 aromatic rings. The average Bonchev–Trinajstić information content (AvgIpc) is 3.07. The minimum absolute atomic E-state index is 0.106. The zero-order valence-electron chi connectivity index (χ0n) is 20.1. The normalized spacial score (nSPS) is 24.3. The van der Waals surface area contributed by atoms with Gasteiger partial charge < -0.3 is 16.0 Å². The van der Waals surface area contributed by atoms with Crippen LogP contribution in [0.1, 0.15) is 41.0 Å². The number of nitrogens with one attached hydrogen (secondary N) is 2. The number of primary amides is 1. The number of halogens is 4. The van der Waals surface area contributed by atoms with Gasteiger partial charge in [-0.1, -0.05) is 46.2 Å². The number of hydrazine groups is 1. The molecule has 14 heteroatoms. The van der Waals surface area contributed by atoms with Crippen LogP contribution in [0.2, 0.25) is 0 Å². The third-order valence-electron chi connectivity index (χ3n) is 6.64. The number of likely N-dealkylation sites (tertiary alicyclic amines) is 1. The summed E-state index contributed by atoms with van der Waals surface area (Å²) in [6, 6.07) is -2.52. The molecule has 0 spiro atoms. The maximum Gasteiger partial charge on any atom is 0.315 e. The SMILES string of the molecule is CC(C)(C)[C@H](NC(=O)C(F)F)C(=O)N1C[C@H]2[C@@H]([C@H]1C(=O)NN(CCC(N)=O)C(=O)[C@H](F)Cl)C2(C)C. The molecule has 1 aliphatic heterocycles. The van der Waals surface area contributed by atoms with Gasteiger partial charge in [0.2, 0.25) is 11.8 Å². The highest BCUT2D eigenvalue weighted by Gasteiger charge is 2.70. The average molecular weight is 526 g/mol. The van der Waals surface area contributed by atoms with Crippen molar-refractivity contribution in [2.24, 2.45) is 28.4 Å². The van der Waals surface area contributed by atoms with Gasteiger partial charge in [0.1, 0.15) is 12.1 Å². The lowest BCUT2D eigenvalue weighted by Gasteiger charge is -2.38. The van der Waals surface area contributed by atoms with E-state index in [0.29, 0.717) is 5.01 Å². The van der Waals surface area contributed by atoms with Gasteiger partial charge in [0.15, 0.2) is 0 Å². The van der Waals surface area contributed by atoms with Crippen molar-refractivity contribution in [1.82, 2.24) is 20.7 Å². The van der Waals surface area contributed by atoms with Gasteiger partial charge in [0.05, 0.1) is 6.54 Å². The number of nitrogens with zero attached hydrogens (tertiary/aromatic N) is 2. The molecule has 198 valence electrons. The molecule has 1 saturated heterocycles. The van der Waals surface area contributed by atoms with Gasteiger partial charge in [-0.05, 0) is 22.7 Å². The fraction of sp³-hybridized carbons (Fsp3) is 0.762.